The van der Waals surface area contributed by atoms with Crippen molar-refractivity contribution in [2.24, 2.45) is 0 Å². The third-order valence-corrected chi connectivity index (χ3v) is 8.02. The minimum absolute atomic E-state index is 0.192. The zero-order chi connectivity index (χ0) is 26.0. The van der Waals surface area contributed by atoms with Crippen LogP contribution < -0.4 is 0 Å². The molecular weight excluding hydrogens is 466 g/mol. The number of hydrogen-bond donors (Lipinski definition) is 0. The molecule has 6 aromatic rings. The Kier molecular flexibility index (Phi) is 5.13. The van der Waals surface area contributed by atoms with E-state index in [1.807, 2.05) is 43.5 Å². The SMILES string of the molecule is CC(C)(C)OC(=O)n1c2ccccc2c2cccc(C3CCCc4ccc5c(ccc6ccccc65)c43)c21. The molecule has 0 aliphatic heterocycles. The molecular formula is C35H31NO2. The molecule has 0 spiro atoms. The molecule has 1 aromatic heterocycles. The minimum atomic E-state index is -0.585. The maximum absolute atomic E-state index is 13.7. The summed E-state index contributed by atoms with van der Waals surface area (Å²) in [4.78, 5) is 13.7. The Bertz CT molecular complexity index is 1890. The molecule has 0 saturated heterocycles. The third kappa shape index (κ3) is 3.53. The molecule has 0 saturated carbocycles. The predicted molar refractivity (Wildman–Crippen MR) is 157 cm³/mol. The fourth-order valence-corrected chi connectivity index (χ4v) is 6.56. The number of para-hydroxylation sites is 2. The fourth-order valence-electron chi connectivity index (χ4n) is 6.56. The van der Waals surface area contributed by atoms with Crippen molar-refractivity contribution in [1.29, 1.82) is 0 Å². The van der Waals surface area contributed by atoms with E-state index in [-0.39, 0.29) is 12.0 Å². The number of carbonyl (C=O) groups excluding carboxylic acids is 1. The normalized spacial score (nSPS) is 15.8. The number of ether oxygens (including phenoxy) is 1. The minimum Gasteiger partial charge on any atom is -0.443 e. The second-order valence-electron chi connectivity index (χ2n) is 11.5. The van der Waals surface area contributed by atoms with Gasteiger partial charge < -0.3 is 4.74 Å². The number of aromatic nitrogens is 1. The predicted octanol–water partition coefficient (Wildman–Crippen LogP) is 9.35. The summed E-state index contributed by atoms with van der Waals surface area (Å²) in [6.07, 6.45) is 2.93. The number of benzene rings is 5. The van der Waals surface area contributed by atoms with Gasteiger partial charge in [-0.1, -0.05) is 84.9 Å². The maximum atomic E-state index is 13.7. The van der Waals surface area contributed by atoms with Crippen LogP contribution in [-0.2, 0) is 11.2 Å². The van der Waals surface area contributed by atoms with E-state index in [1.54, 1.807) is 0 Å². The van der Waals surface area contributed by atoms with Gasteiger partial charge in [-0.05, 0) is 84.3 Å². The van der Waals surface area contributed by atoms with Gasteiger partial charge in [0.1, 0.15) is 5.60 Å². The largest absolute Gasteiger partial charge is 0.443 e. The van der Waals surface area contributed by atoms with Gasteiger partial charge in [-0.2, -0.15) is 0 Å². The highest BCUT2D eigenvalue weighted by molar-refractivity contribution is 6.14. The summed E-state index contributed by atoms with van der Waals surface area (Å²) in [5.74, 6) is 0.192. The molecule has 1 atom stereocenters. The molecule has 3 heteroatoms. The molecule has 5 aromatic carbocycles. The fraction of sp³-hybridized carbons (Fsp3) is 0.229. The lowest BCUT2D eigenvalue weighted by molar-refractivity contribution is 0.0551. The van der Waals surface area contributed by atoms with Crippen LogP contribution in [0.2, 0.25) is 0 Å². The standard InChI is InChI=1S/C35H31NO2/c1-35(2,3)38-34(37)36-31-17-7-6-13-26(31)29-15-9-16-30(33(29)36)27-14-8-11-23-19-20-25-24-12-5-4-10-22(24)18-21-28(25)32(23)27/h4-7,9-10,12-13,15-21,27H,8,11,14H2,1-3H3. The van der Waals surface area contributed by atoms with Crippen LogP contribution >= 0.6 is 0 Å². The van der Waals surface area contributed by atoms with Crippen molar-refractivity contribution in [1.82, 2.24) is 4.57 Å². The third-order valence-electron chi connectivity index (χ3n) is 8.02. The first-order valence-electron chi connectivity index (χ1n) is 13.6. The van der Waals surface area contributed by atoms with Crippen LogP contribution in [0.3, 0.4) is 0 Å². The molecule has 0 N–H and O–H groups in total. The van der Waals surface area contributed by atoms with Gasteiger partial charge in [0.2, 0.25) is 0 Å². The van der Waals surface area contributed by atoms with E-state index in [4.69, 9.17) is 4.74 Å². The molecule has 3 nitrogen and oxygen atoms in total. The lowest BCUT2D eigenvalue weighted by Crippen LogP contribution is -2.27. The lowest BCUT2D eigenvalue weighted by Gasteiger charge is -2.29. The van der Waals surface area contributed by atoms with Crippen molar-refractivity contribution in [3.63, 3.8) is 0 Å². The number of rotatable bonds is 1. The van der Waals surface area contributed by atoms with E-state index in [0.29, 0.717) is 0 Å². The highest BCUT2D eigenvalue weighted by Gasteiger charge is 2.30. The van der Waals surface area contributed by atoms with Crippen LogP contribution in [0.25, 0.3) is 43.4 Å². The quantitative estimate of drug-likeness (QED) is 0.212. The summed E-state index contributed by atoms with van der Waals surface area (Å²) in [6, 6.07) is 32.5. The van der Waals surface area contributed by atoms with Crippen LogP contribution in [0, 0.1) is 0 Å². The first-order chi connectivity index (χ1) is 18.4. The highest BCUT2D eigenvalue weighted by atomic mass is 16.6. The second-order valence-corrected chi connectivity index (χ2v) is 11.5. The number of nitrogens with zero attached hydrogens (tertiary/aromatic N) is 1. The van der Waals surface area contributed by atoms with Gasteiger partial charge in [-0.3, -0.25) is 0 Å². The molecule has 188 valence electrons. The molecule has 1 unspecified atom stereocenters. The monoisotopic (exact) mass is 497 g/mol. The van der Waals surface area contributed by atoms with E-state index < -0.39 is 5.60 Å². The smallest absolute Gasteiger partial charge is 0.419 e. The lowest BCUT2D eigenvalue weighted by atomic mass is 9.76. The molecule has 0 bridgehead atoms. The van der Waals surface area contributed by atoms with Gasteiger partial charge in [0.25, 0.3) is 0 Å². The molecule has 1 aliphatic carbocycles. The molecule has 1 heterocycles. The van der Waals surface area contributed by atoms with Crippen LogP contribution in [0.4, 0.5) is 4.79 Å². The average Bonchev–Trinajstić information content (AvgIpc) is 3.26. The van der Waals surface area contributed by atoms with Gasteiger partial charge in [0.05, 0.1) is 11.0 Å². The van der Waals surface area contributed by atoms with Gasteiger partial charge in [0, 0.05) is 16.7 Å². The molecule has 1 aliphatic rings. The Morgan fingerprint density at radius 3 is 2.34 bits per heavy atom. The summed E-state index contributed by atoms with van der Waals surface area (Å²) < 4.78 is 7.77. The van der Waals surface area contributed by atoms with E-state index in [1.165, 1.54) is 38.2 Å². The number of carbonyl (C=O) groups is 1. The van der Waals surface area contributed by atoms with E-state index >= 15 is 0 Å². The maximum Gasteiger partial charge on any atom is 0.419 e. The molecule has 38 heavy (non-hydrogen) atoms. The Hall–Kier alpha value is -4.11. The van der Waals surface area contributed by atoms with Crippen molar-refractivity contribution in [3.8, 4) is 0 Å². The summed E-state index contributed by atoms with van der Waals surface area (Å²) in [7, 11) is 0. The zero-order valence-electron chi connectivity index (χ0n) is 22.1. The topological polar surface area (TPSA) is 31.2 Å². The first-order valence-corrected chi connectivity index (χ1v) is 13.6. The molecule has 0 fully saturated rings. The first kappa shape index (κ1) is 23.0. The summed E-state index contributed by atoms with van der Waals surface area (Å²) in [5, 5.41) is 7.35. The van der Waals surface area contributed by atoms with Gasteiger partial charge in [0.15, 0.2) is 0 Å². The van der Waals surface area contributed by atoms with Crippen LogP contribution in [0.15, 0.2) is 91.0 Å². The highest BCUT2D eigenvalue weighted by Crippen LogP contribution is 2.45. The van der Waals surface area contributed by atoms with Crippen molar-refractivity contribution in [2.45, 2.75) is 51.6 Å². The molecule has 0 amide bonds. The second kappa shape index (κ2) is 8.46. The van der Waals surface area contributed by atoms with E-state index in [0.717, 1.165) is 41.1 Å². The van der Waals surface area contributed by atoms with Crippen molar-refractivity contribution in [2.75, 3.05) is 0 Å². The Balaban J connectivity index is 1.53. The van der Waals surface area contributed by atoms with E-state index in [9.17, 15) is 4.79 Å². The molecule has 0 radical (unpaired) electrons. The Labute approximate surface area is 222 Å². The number of hydrogen-bond acceptors (Lipinski definition) is 2. The summed E-state index contributed by atoms with van der Waals surface area (Å²) in [6.45, 7) is 5.77. The number of fused-ring (bicyclic) bond motifs is 8. The summed E-state index contributed by atoms with van der Waals surface area (Å²) in [5.41, 5.74) is 5.31. The zero-order valence-corrected chi connectivity index (χ0v) is 22.1. The van der Waals surface area contributed by atoms with Gasteiger partial charge in [-0.25, -0.2) is 9.36 Å². The van der Waals surface area contributed by atoms with Gasteiger partial charge in [-0.15, -0.1) is 0 Å². The van der Waals surface area contributed by atoms with Gasteiger partial charge >= 0.3 is 6.09 Å². The molecule has 7 rings (SSSR count). The Morgan fingerprint density at radius 2 is 1.50 bits per heavy atom. The average molecular weight is 498 g/mol. The van der Waals surface area contributed by atoms with Crippen molar-refractivity contribution < 1.29 is 9.53 Å². The van der Waals surface area contributed by atoms with Crippen LogP contribution in [0.5, 0.6) is 0 Å². The van der Waals surface area contributed by atoms with Crippen LogP contribution in [-0.4, -0.2) is 16.3 Å². The van der Waals surface area contributed by atoms with Crippen molar-refractivity contribution in [3.05, 3.63) is 108 Å². The van der Waals surface area contributed by atoms with Crippen LogP contribution in [0.1, 0.15) is 56.2 Å². The van der Waals surface area contributed by atoms with Crippen molar-refractivity contribution >= 4 is 49.4 Å². The van der Waals surface area contributed by atoms with E-state index in [2.05, 4.69) is 72.8 Å². The summed E-state index contributed by atoms with van der Waals surface area (Å²) >= 11 is 0. The Morgan fingerprint density at radius 1 is 0.763 bits per heavy atom. The number of aryl methyl sites for hydroxylation is 1.